The number of halogens is 2. The van der Waals surface area contributed by atoms with Crippen LogP contribution in [-0.2, 0) is 4.74 Å². The SMILES string of the molecule is CC(C)(C)OC(=O)n1c(-c2ccoc2)c(-c2ccnc(F)c2)c2cc(Br)cnc21. The molecule has 4 heterocycles. The molecule has 148 valence electrons. The van der Waals surface area contributed by atoms with Gasteiger partial charge in [0.25, 0.3) is 0 Å². The Balaban J connectivity index is 2.12. The van der Waals surface area contributed by atoms with E-state index in [0.29, 0.717) is 33.4 Å². The first kappa shape index (κ1) is 19.3. The number of pyridine rings is 2. The van der Waals surface area contributed by atoms with Gasteiger partial charge in [-0.15, -0.1) is 0 Å². The van der Waals surface area contributed by atoms with Crippen LogP contribution in [-0.4, -0.2) is 26.2 Å². The number of carbonyl (C=O) groups excluding carboxylic acids is 1. The molecular formula is C21H17BrFN3O3. The molecule has 8 heteroatoms. The minimum atomic E-state index is -0.709. The molecule has 0 bridgehead atoms. The first-order valence-electron chi connectivity index (χ1n) is 8.82. The topological polar surface area (TPSA) is 70.2 Å². The third kappa shape index (κ3) is 3.67. The Morgan fingerprint density at radius 2 is 2.00 bits per heavy atom. The summed E-state index contributed by atoms with van der Waals surface area (Å²) >= 11 is 3.43. The summed E-state index contributed by atoms with van der Waals surface area (Å²) in [6.07, 6.45) is 5.41. The third-order valence-corrected chi connectivity index (χ3v) is 4.59. The van der Waals surface area contributed by atoms with Crippen molar-refractivity contribution in [2.45, 2.75) is 26.4 Å². The molecule has 0 atom stereocenters. The Morgan fingerprint density at radius 1 is 1.21 bits per heavy atom. The average Bonchev–Trinajstić information content (AvgIpc) is 3.25. The second-order valence-corrected chi connectivity index (χ2v) is 8.36. The highest BCUT2D eigenvalue weighted by Gasteiger charge is 2.28. The van der Waals surface area contributed by atoms with Gasteiger partial charge in [-0.2, -0.15) is 4.39 Å². The molecule has 0 saturated heterocycles. The number of hydrogen-bond acceptors (Lipinski definition) is 5. The number of hydrogen-bond donors (Lipinski definition) is 0. The normalized spacial score (nSPS) is 11.8. The van der Waals surface area contributed by atoms with Crippen LogP contribution < -0.4 is 0 Å². The average molecular weight is 458 g/mol. The van der Waals surface area contributed by atoms with Crippen molar-refractivity contribution in [2.24, 2.45) is 0 Å². The summed E-state index contributed by atoms with van der Waals surface area (Å²) in [6, 6.07) is 6.56. The molecular weight excluding hydrogens is 441 g/mol. The summed E-state index contributed by atoms with van der Waals surface area (Å²) in [5.74, 6) is -0.623. The summed E-state index contributed by atoms with van der Waals surface area (Å²) in [5.41, 5.74) is 2.00. The van der Waals surface area contributed by atoms with Gasteiger partial charge in [0.2, 0.25) is 5.95 Å². The van der Waals surface area contributed by atoms with Gasteiger partial charge in [0.15, 0.2) is 5.65 Å². The molecule has 0 amide bonds. The third-order valence-electron chi connectivity index (χ3n) is 4.16. The Labute approximate surface area is 174 Å². The largest absolute Gasteiger partial charge is 0.472 e. The zero-order valence-electron chi connectivity index (χ0n) is 15.9. The van der Waals surface area contributed by atoms with Crippen LogP contribution in [0.4, 0.5) is 9.18 Å². The van der Waals surface area contributed by atoms with Gasteiger partial charge in [-0.05, 0) is 60.5 Å². The standard InChI is InChI=1S/C21H17BrFN3O3/c1-21(2,3)29-20(27)26-18(13-5-7-28-11-13)17(12-4-6-24-16(23)8-12)15-9-14(22)10-25-19(15)26/h4-11H,1-3H3. The predicted octanol–water partition coefficient (Wildman–Crippen LogP) is 6.04. The Morgan fingerprint density at radius 3 is 2.66 bits per heavy atom. The second-order valence-electron chi connectivity index (χ2n) is 7.44. The molecule has 0 aromatic carbocycles. The maximum Gasteiger partial charge on any atom is 0.420 e. The fourth-order valence-electron chi connectivity index (χ4n) is 3.15. The van der Waals surface area contributed by atoms with Gasteiger partial charge in [0, 0.05) is 39.4 Å². The first-order chi connectivity index (χ1) is 13.7. The summed E-state index contributed by atoms with van der Waals surface area (Å²) in [7, 11) is 0. The van der Waals surface area contributed by atoms with Crippen molar-refractivity contribution < 1.29 is 18.3 Å². The van der Waals surface area contributed by atoms with E-state index in [9.17, 15) is 9.18 Å². The fourth-order valence-corrected chi connectivity index (χ4v) is 3.48. The van der Waals surface area contributed by atoms with Crippen molar-refractivity contribution >= 4 is 33.1 Å². The van der Waals surface area contributed by atoms with Gasteiger partial charge < -0.3 is 9.15 Å². The molecule has 4 aromatic rings. The van der Waals surface area contributed by atoms with Gasteiger partial charge in [0.1, 0.15) is 5.60 Å². The molecule has 4 aromatic heterocycles. The first-order valence-corrected chi connectivity index (χ1v) is 9.62. The number of nitrogens with zero attached hydrogens (tertiary/aromatic N) is 3. The number of rotatable bonds is 2. The highest BCUT2D eigenvalue weighted by molar-refractivity contribution is 9.10. The van der Waals surface area contributed by atoms with Crippen LogP contribution in [0.3, 0.4) is 0 Å². The summed E-state index contributed by atoms with van der Waals surface area (Å²) in [6.45, 7) is 5.37. The van der Waals surface area contributed by atoms with E-state index in [2.05, 4.69) is 25.9 Å². The van der Waals surface area contributed by atoms with E-state index >= 15 is 0 Å². The Hall–Kier alpha value is -3.00. The summed E-state index contributed by atoms with van der Waals surface area (Å²) < 4.78 is 26.9. The molecule has 0 saturated carbocycles. The number of ether oxygens (including phenoxy) is 1. The molecule has 0 unspecified atom stereocenters. The van der Waals surface area contributed by atoms with Crippen LogP contribution in [0.25, 0.3) is 33.4 Å². The van der Waals surface area contributed by atoms with E-state index in [1.165, 1.54) is 29.4 Å². The monoisotopic (exact) mass is 457 g/mol. The quantitative estimate of drug-likeness (QED) is 0.343. The van der Waals surface area contributed by atoms with E-state index in [4.69, 9.17) is 9.15 Å². The number of carbonyl (C=O) groups is 1. The van der Waals surface area contributed by atoms with Crippen LogP contribution in [0.15, 0.2) is 58.1 Å². The maximum atomic E-state index is 13.9. The van der Waals surface area contributed by atoms with Crippen molar-refractivity contribution in [1.82, 2.24) is 14.5 Å². The van der Waals surface area contributed by atoms with E-state index in [-0.39, 0.29) is 0 Å². The van der Waals surface area contributed by atoms with Crippen molar-refractivity contribution in [1.29, 1.82) is 0 Å². The molecule has 6 nitrogen and oxygen atoms in total. The second kappa shape index (κ2) is 7.11. The van der Waals surface area contributed by atoms with Gasteiger partial charge in [-0.25, -0.2) is 19.3 Å². The Bertz CT molecular complexity index is 1210. The molecule has 4 rings (SSSR count). The molecule has 0 N–H and O–H groups in total. The minimum absolute atomic E-state index is 0.394. The van der Waals surface area contributed by atoms with Crippen LogP contribution in [0, 0.1) is 5.95 Å². The van der Waals surface area contributed by atoms with E-state index in [1.54, 1.807) is 39.1 Å². The lowest BCUT2D eigenvalue weighted by atomic mass is 10.0. The lowest BCUT2D eigenvalue weighted by molar-refractivity contribution is 0.0546. The number of aromatic nitrogens is 3. The van der Waals surface area contributed by atoms with Crippen LogP contribution in [0.5, 0.6) is 0 Å². The van der Waals surface area contributed by atoms with Crippen molar-refractivity contribution in [3.8, 4) is 22.4 Å². The minimum Gasteiger partial charge on any atom is -0.472 e. The van der Waals surface area contributed by atoms with Gasteiger partial charge in [-0.3, -0.25) is 0 Å². The summed E-state index contributed by atoms with van der Waals surface area (Å²) in [4.78, 5) is 21.2. The van der Waals surface area contributed by atoms with Crippen LogP contribution in [0.1, 0.15) is 20.8 Å². The van der Waals surface area contributed by atoms with Crippen molar-refractivity contribution in [3.05, 3.63) is 59.6 Å². The van der Waals surface area contributed by atoms with Crippen molar-refractivity contribution in [2.75, 3.05) is 0 Å². The highest BCUT2D eigenvalue weighted by atomic mass is 79.9. The molecule has 0 radical (unpaired) electrons. The van der Waals surface area contributed by atoms with Crippen LogP contribution >= 0.6 is 15.9 Å². The number of fused-ring (bicyclic) bond motifs is 1. The van der Waals surface area contributed by atoms with Gasteiger partial charge in [0.05, 0.1) is 18.2 Å². The predicted molar refractivity (Wildman–Crippen MR) is 110 cm³/mol. The number of furan rings is 1. The molecule has 0 spiro atoms. The molecule has 29 heavy (non-hydrogen) atoms. The Kier molecular flexibility index (Phi) is 4.74. The van der Waals surface area contributed by atoms with Crippen LogP contribution in [0.2, 0.25) is 0 Å². The summed E-state index contributed by atoms with van der Waals surface area (Å²) in [5, 5.41) is 0.659. The zero-order chi connectivity index (χ0) is 20.8. The van der Waals surface area contributed by atoms with Crippen molar-refractivity contribution in [3.63, 3.8) is 0 Å². The molecule has 0 aliphatic heterocycles. The van der Waals surface area contributed by atoms with E-state index < -0.39 is 17.6 Å². The van der Waals surface area contributed by atoms with E-state index in [0.717, 1.165) is 4.47 Å². The zero-order valence-corrected chi connectivity index (χ0v) is 17.5. The molecule has 0 aliphatic rings. The molecule has 0 aliphatic carbocycles. The smallest absolute Gasteiger partial charge is 0.420 e. The lowest BCUT2D eigenvalue weighted by Gasteiger charge is -2.20. The lowest BCUT2D eigenvalue weighted by Crippen LogP contribution is -2.27. The van der Waals surface area contributed by atoms with Gasteiger partial charge >= 0.3 is 6.09 Å². The van der Waals surface area contributed by atoms with E-state index in [1.807, 2.05) is 6.07 Å². The highest BCUT2D eigenvalue weighted by Crippen LogP contribution is 2.41. The molecule has 0 fully saturated rings. The van der Waals surface area contributed by atoms with Gasteiger partial charge in [-0.1, -0.05) is 0 Å². The fraction of sp³-hybridized carbons (Fsp3) is 0.190. The maximum absolute atomic E-state index is 13.9.